The average molecular weight is 118 g/mol. The van der Waals surface area contributed by atoms with Crippen molar-refractivity contribution in [2.45, 2.75) is 19.3 Å². The fourth-order valence-corrected chi connectivity index (χ4v) is 0.589. The van der Waals surface area contributed by atoms with Gasteiger partial charge in [-0.05, 0) is 6.92 Å². The smallest absolute Gasteiger partial charge is 0.155 e. The van der Waals surface area contributed by atoms with E-state index >= 15 is 0 Å². The van der Waals surface area contributed by atoms with E-state index in [4.69, 9.17) is 14.6 Å². The van der Waals surface area contributed by atoms with Crippen LogP contribution in [0.1, 0.15) is 6.92 Å². The maximum Gasteiger partial charge on any atom is 0.155 e. The van der Waals surface area contributed by atoms with Gasteiger partial charge in [0.1, 0.15) is 6.10 Å². The van der Waals surface area contributed by atoms with E-state index in [0.717, 1.165) is 0 Å². The second kappa shape index (κ2) is 2.44. The lowest BCUT2D eigenvalue weighted by Crippen LogP contribution is -2.33. The summed E-state index contributed by atoms with van der Waals surface area (Å²) < 4.78 is 9.84. The molecule has 1 aliphatic heterocycles. The molecule has 8 heavy (non-hydrogen) atoms. The van der Waals surface area contributed by atoms with Gasteiger partial charge in [0.05, 0.1) is 13.2 Å². The Morgan fingerprint density at radius 1 is 1.38 bits per heavy atom. The summed E-state index contributed by atoms with van der Waals surface area (Å²) in [5, 5.41) is 8.78. The zero-order valence-corrected chi connectivity index (χ0v) is 4.83. The van der Waals surface area contributed by atoms with Crippen LogP contribution in [0.2, 0.25) is 0 Å². The molecule has 1 heterocycles. The molecule has 0 aromatic rings. The maximum atomic E-state index is 8.78. The van der Waals surface area contributed by atoms with Crippen LogP contribution in [0.25, 0.3) is 0 Å². The van der Waals surface area contributed by atoms with E-state index < -0.39 is 6.10 Å². The Morgan fingerprint density at radius 3 is 2.25 bits per heavy atom. The Bertz CT molecular complexity index is 56.1. The van der Waals surface area contributed by atoms with Gasteiger partial charge in [0.2, 0.25) is 0 Å². The molecular weight excluding hydrogens is 108 g/mol. The Labute approximate surface area is 48.2 Å². The van der Waals surface area contributed by atoms with Gasteiger partial charge < -0.3 is 14.6 Å². The summed E-state index contributed by atoms with van der Waals surface area (Å²) in [5.41, 5.74) is 0. The monoisotopic (exact) mass is 118 g/mol. The molecule has 1 fully saturated rings. The molecule has 0 unspecified atom stereocenters. The van der Waals surface area contributed by atoms with Gasteiger partial charge in [-0.2, -0.15) is 0 Å². The number of hydrogen-bond acceptors (Lipinski definition) is 3. The van der Waals surface area contributed by atoms with E-state index in [1.54, 1.807) is 0 Å². The third-order valence-corrected chi connectivity index (χ3v) is 1.05. The average Bonchev–Trinajstić information content (AvgIpc) is 1.77. The van der Waals surface area contributed by atoms with Crippen LogP contribution >= 0.6 is 0 Å². The molecule has 0 spiro atoms. The summed E-state index contributed by atoms with van der Waals surface area (Å²) in [4.78, 5) is 0. The van der Waals surface area contributed by atoms with Gasteiger partial charge in [0.15, 0.2) is 6.29 Å². The number of aliphatic hydroxyl groups excluding tert-OH is 1. The molecule has 1 rings (SSSR count). The van der Waals surface area contributed by atoms with Crippen molar-refractivity contribution in [3.05, 3.63) is 0 Å². The van der Waals surface area contributed by atoms with Crippen molar-refractivity contribution in [1.29, 1.82) is 0 Å². The van der Waals surface area contributed by atoms with Crippen molar-refractivity contribution in [1.82, 2.24) is 0 Å². The molecule has 0 aliphatic carbocycles. The summed E-state index contributed by atoms with van der Waals surface area (Å²) in [5.74, 6) is 0. The minimum absolute atomic E-state index is 0.140. The molecule has 0 atom stereocenters. The van der Waals surface area contributed by atoms with E-state index in [9.17, 15) is 0 Å². The quantitative estimate of drug-likeness (QED) is 0.476. The molecule has 0 aromatic heterocycles. The normalized spacial score (nSPS) is 39.8. The molecule has 3 heteroatoms. The van der Waals surface area contributed by atoms with Crippen LogP contribution in [-0.4, -0.2) is 30.7 Å². The van der Waals surface area contributed by atoms with Crippen molar-refractivity contribution < 1.29 is 14.6 Å². The predicted octanol–water partition coefficient (Wildman–Crippen LogP) is -0.260. The first kappa shape index (κ1) is 6.01. The molecule has 3 nitrogen and oxygen atoms in total. The number of aliphatic hydroxyl groups is 1. The second-order valence-electron chi connectivity index (χ2n) is 1.89. The first-order chi connectivity index (χ1) is 3.79. The van der Waals surface area contributed by atoms with E-state index in [-0.39, 0.29) is 6.29 Å². The Balaban J connectivity index is 2.19. The van der Waals surface area contributed by atoms with Crippen molar-refractivity contribution in [3.63, 3.8) is 0 Å². The third kappa shape index (κ3) is 1.43. The Hall–Kier alpha value is -0.120. The van der Waals surface area contributed by atoms with Gasteiger partial charge in [0, 0.05) is 0 Å². The summed E-state index contributed by atoms with van der Waals surface area (Å²) in [6.07, 6.45) is -0.565. The zero-order valence-electron chi connectivity index (χ0n) is 4.83. The Kier molecular flexibility index (Phi) is 1.83. The van der Waals surface area contributed by atoms with Crippen LogP contribution in [0.5, 0.6) is 0 Å². The number of ether oxygens (including phenoxy) is 2. The summed E-state index contributed by atoms with van der Waals surface area (Å²) in [6, 6.07) is 0. The van der Waals surface area contributed by atoms with E-state index in [0.29, 0.717) is 13.2 Å². The van der Waals surface area contributed by atoms with Crippen molar-refractivity contribution >= 4 is 0 Å². The fraction of sp³-hybridized carbons (Fsp3) is 1.00. The van der Waals surface area contributed by atoms with Gasteiger partial charge in [-0.3, -0.25) is 0 Å². The molecule has 48 valence electrons. The van der Waals surface area contributed by atoms with Crippen LogP contribution in [-0.2, 0) is 9.47 Å². The highest BCUT2D eigenvalue weighted by Gasteiger charge is 2.15. The topological polar surface area (TPSA) is 38.7 Å². The minimum atomic E-state index is -0.425. The van der Waals surface area contributed by atoms with Crippen LogP contribution in [0.3, 0.4) is 0 Å². The zero-order chi connectivity index (χ0) is 5.98. The number of rotatable bonds is 0. The molecule has 1 saturated heterocycles. The molecular formula is C5H10O3. The summed E-state index contributed by atoms with van der Waals surface area (Å²) >= 11 is 0. The van der Waals surface area contributed by atoms with Crippen molar-refractivity contribution in [2.24, 2.45) is 0 Å². The van der Waals surface area contributed by atoms with Crippen molar-refractivity contribution in [3.8, 4) is 0 Å². The molecule has 1 N–H and O–H groups in total. The van der Waals surface area contributed by atoms with E-state index in [1.165, 1.54) is 0 Å². The predicted molar refractivity (Wildman–Crippen MR) is 27.4 cm³/mol. The molecule has 0 aromatic carbocycles. The first-order valence-corrected chi connectivity index (χ1v) is 2.70. The second-order valence-corrected chi connectivity index (χ2v) is 1.89. The lowest BCUT2D eigenvalue weighted by molar-refractivity contribution is -0.207. The van der Waals surface area contributed by atoms with Crippen LogP contribution in [0, 0.1) is 0 Å². The lowest BCUT2D eigenvalue weighted by Gasteiger charge is -2.23. The fourth-order valence-electron chi connectivity index (χ4n) is 0.589. The maximum absolute atomic E-state index is 8.78. The van der Waals surface area contributed by atoms with Gasteiger partial charge in [-0.25, -0.2) is 0 Å². The molecule has 1 aliphatic rings. The van der Waals surface area contributed by atoms with Crippen LogP contribution in [0.4, 0.5) is 0 Å². The highest BCUT2D eigenvalue weighted by Crippen LogP contribution is 2.02. The molecule has 0 amide bonds. The highest BCUT2D eigenvalue weighted by atomic mass is 16.7. The van der Waals surface area contributed by atoms with Gasteiger partial charge >= 0.3 is 0 Å². The summed E-state index contributed by atoms with van der Waals surface area (Å²) in [6.45, 7) is 2.62. The van der Waals surface area contributed by atoms with Crippen LogP contribution < -0.4 is 0 Å². The minimum Gasteiger partial charge on any atom is -0.388 e. The molecule has 0 bridgehead atoms. The summed E-state index contributed by atoms with van der Waals surface area (Å²) in [7, 11) is 0. The highest BCUT2D eigenvalue weighted by molar-refractivity contribution is 4.55. The largest absolute Gasteiger partial charge is 0.388 e. The third-order valence-electron chi connectivity index (χ3n) is 1.05. The van der Waals surface area contributed by atoms with Gasteiger partial charge in [-0.15, -0.1) is 0 Å². The first-order valence-electron chi connectivity index (χ1n) is 2.70. The standard InChI is InChI=1S/C5H10O3/c1-4-7-2-5(6)3-8-4/h4-6H,2-3H2,1H3. The SMILES string of the molecule is CC1OCC(O)CO1. The van der Waals surface area contributed by atoms with E-state index in [1.807, 2.05) is 6.92 Å². The lowest BCUT2D eigenvalue weighted by atomic mass is 10.4. The number of hydrogen-bond donors (Lipinski definition) is 1. The molecule has 0 radical (unpaired) electrons. The van der Waals surface area contributed by atoms with Crippen molar-refractivity contribution in [2.75, 3.05) is 13.2 Å². The van der Waals surface area contributed by atoms with Gasteiger partial charge in [-0.1, -0.05) is 0 Å². The molecule has 0 saturated carbocycles. The Morgan fingerprint density at radius 2 is 1.88 bits per heavy atom. The van der Waals surface area contributed by atoms with E-state index in [2.05, 4.69) is 0 Å². The van der Waals surface area contributed by atoms with Crippen LogP contribution in [0.15, 0.2) is 0 Å². The van der Waals surface area contributed by atoms with Gasteiger partial charge in [0.25, 0.3) is 0 Å².